The SMILES string of the molecule is COC(CN)Cc1nc(-c2ccnc(C)n2)no1. The van der Waals surface area contributed by atoms with E-state index in [-0.39, 0.29) is 6.10 Å². The summed E-state index contributed by atoms with van der Waals surface area (Å²) in [5.41, 5.74) is 6.17. The van der Waals surface area contributed by atoms with E-state index >= 15 is 0 Å². The van der Waals surface area contributed by atoms with Crippen LogP contribution in [0.3, 0.4) is 0 Å². The minimum absolute atomic E-state index is 0.120. The molecule has 0 spiro atoms. The molecule has 1 unspecified atom stereocenters. The third-order valence-electron chi connectivity index (χ3n) is 2.47. The smallest absolute Gasteiger partial charge is 0.229 e. The van der Waals surface area contributed by atoms with Crippen molar-refractivity contribution in [2.45, 2.75) is 19.4 Å². The van der Waals surface area contributed by atoms with Gasteiger partial charge in [-0.05, 0) is 13.0 Å². The Bertz CT molecular complexity index is 510. The minimum Gasteiger partial charge on any atom is -0.380 e. The first-order valence-corrected chi connectivity index (χ1v) is 5.58. The Kier molecular flexibility index (Phi) is 3.96. The molecule has 0 saturated heterocycles. The van der Waals surface area contributed by atoms with Gasteiger partial charge in [0.1, 0.15) is 11.5 Å². The van der Waals surface area contributed by atoms with Gasteiger partial charge in [-0.3, -0.25) is 0 Å². The maximum atomic E-state index is 5.53. The summed E-state index contributed by atoms with van der Waals surface area (Å²) in [5, 5.41) is 3.88. The van der Waals surface area contributed by atoms with Crippen LogP contribution < -0.4 is 5.73 Å². The van der Waals surface area contributed by atoms with E-state index in [1.165, 1.54) is 0 Å². The second-order valence-electron chi connectivity index (χ2n) is 3.80. The quantitative estimate of drug-likeness (QED) is 0.816. The van der Waals surface area contributed by atoms with Crippen molar-refractivity contribution in [1.29, 1.82) is 0 Å². The van der Waals surface area contributed by atoms with Gasteiger partial charge in [-0.25, -0.2) is 9.97 Å². The van der Waals surface area contributed by atoms with Crippen LogP contribution in [0.25, 0.3) is 11.5 Å². The van der Waals surface area contributed by atoms with Crippen LogP contribution in [-0.4, -0.2) is 39.9 Å². The number of nitrogens with zero attached hydrogens (tertiary/aromatic N) is 4. The second-order valence-corrected chi connectivity index (χ2v) is 3.80. The van der Waals surface area contributed by atoms with Crippen molar-refractivity contribution in [2.24, 2.45) is 5.73 Å². The number of aromatic nitrogens is 4. The van der Waals surface area contributed by atoms with Gasteiger partial charge in [0, 0.05) is 19.9 Å². The number of rotatable bonds is 5. The molecule has 18 heavy (non-hydrogen) atoms. The van der Waals surface area contributed by atoms with E-state index in [0.717, 1.165) is 0 Å². The van der Waals surface area contributed by atoms with Gasteiger partial charge >= 0.3 is 0 Å². The fourth-order valence-electron chi connectivity index (χ4n) is 1.48. The maximum absolute atomic E-state index is 5.53. The van der Waals surface area contributed by atoms with Crippen LogP contribution in [0, 0.1) is 6.92 Å². The highest BCUT2D eigenvalue weighted by molar-refractivity contribution is 5.46. The second kappa shape index (κ2) is 5.65. The van der Waals surface area contributed by atoms with E-state index in [9.17, 15) is 0 Å². The lowest BCUT2D eigenvalue weighted by Gasteiger charge is -2.08. The van der Waals surface area contributed by atoms with Crippen molar-refractivity contribution in [3.8, 4) is 11.5 Å². The molecule has 0 aliphatic heterocycles. The molecule has 2 aromatic rings. The van der Waals surface area contributed by atoms with E-state index < -0.39 is 0 Å². The average Bonchev–Trinajstić information content (AvgIpc) is 2.84. The normalized spacial score (nSPS) is 12.6. The van der Waals surface area contributed by atoms with Crippen molar-refractivity contribution in [3.63, 3.8) is 0 Å². The third-order valence-corrected chi connectivity index (χ3v) is 2.47. The Hall–Kier alpha value is -1.86. The highest BCUT2D eigenvalue weighted by atomic mass is 16.5. The third kappa shape index (κ3) is 2.88. The fourth-order valence-corrected chi connectivity index (χ4v) is 1.48. The number of nitrogens with two attached hydrogens (primary N) is 1. The van der Waals surface area contributed by atoms with E-state index in [4.69, 9.17) is 15.0 Å². The van der Waals surface area contributed by atoms with Crippen LogP contribution in [0.2, 0.25) is 0 Å². The molecule has 2 N–H and O–H groups in total. The Morgan fingerprint density at radius 1 is 1.44 bits per heavy atom. The molecule has 0 radical (unpaired) electrons. The molecule has 96 valence electrons. The molecule has 0 saturated carbocycles. The Morgan fingerprint density at radius 2 is 2.28 bits per heavy atom. The van der Waals surface area contributed by atoms with Crippen molar-refractivity contribution < 1.29 is 9.26 Å². The van der Waals surface area contributed by atoms with Gasteiger partial charge < -0.3 is 15.0 Å². The predicted molar refractivity (Wildman–Crippen MR) is 63.6 cm³/mol. The van der Waals surface area contributed by atoms with Gasteiger partial charge in [0.05, 0.1) is 12.5 Å². The van der Waals surface area contributed by atoms with Gasteiger partial charge in [-0.1, -0.05) is 5.16 Å². The van der Waals surface area contributed by atoms with Crippen molar-refractivity contribution in [3.05, 3.63) is 24.0 Å². The molecule has 0 amide bonds. The van der Waals surface area contributed by atoms with Crippen molar-refractivity contribution in [1.82, 2.24) is 20.1 Å². The average molecular weight is 249 g/mol. The lowest BCUT2D eigenvalue weighted by molar-refractivity contribution is 0.102. The zero-order valence-corrected chi connectivity index (χ0v) is 10.3. The highest BCUT2D eigenvalue weighted by Gasteiger charge is 2.14. The topological polar surface area (TPSA) is 100.0 Å². The minimum atomic E-state index is -0.120. The number of hydrogen-bond acceptors (Lipinski definition) is 7. The summed E-state index contributed by atoms with van der Waals surface area (Å²) >= 11 is 0. The molecule has 2 aromatic heterocycles. The summed E-state index contributed by atoms with van der Waals surface area (Å²) in [5.74, 6) is 1.59. The van der Waals surface area contributed by atoms with Crippen LogP contribution in [0.1, 0.15) is 11.7 Å². The first-order valence-electron chi connectivity index (χ1n) is 5.58. The summed E-state index contributed by atoms with van der Waals surface area (Å²) in [6.07, 6.45) is 2.03. The molecule has 7 heteroatoms. The van der Waals surface area contributed by atoms with Gasteiger partial charge in [0.15, 0.2) is 0 Å². The Morgan fingerprint density at radius 3 is 2.94 bits per heavy atom. The molecule has 0 aromatic carbocycles. The van der Waals surface area contributed by atoms with Gasteiger partial charge in [0.25, 0.3) is 0 Å². The summed E-state index contributed by atoms with van der Waals surface area (Å²) in [6.45, 7) is 2.21. The molecular weight excluding hydrogens is 234 g/mol. The van der Waals surface area contributed by atoms with E-state index in [0.29, 0.717) is 36.2 Å². The molecule has 0 fully saturated rings. The number of methoxy groups -OCH3 is 1. The van der Waals surface area contributed by atoms with Gasteiger partial charge in [0.2, 0.25) is 11.7 Å². The molecule has 2 rings (SSSR count). The van der Waals surface area contributed by atoms with Crippen molar-refractivity contribution in [2.75, 3.05) is 13.7 Å². The standard InChI is InChI=1S/C11H15N5O2/c1-7-13-4-3-9(14-7)11-15-10(18-16-11)5-8(6-12)17-2/h3-4,8H,5-6,12H2,1-2H3. The monoisotopic (exact) mass is 249 g/mol. The molecule has 1 atom stereocenters. The summed E-state index contributed by atoms with van der Waals surface area (Å²) in [6, 6.07) is 1.73. The maximum Gasteiger partial charge on any atom is 0.229 e. The lowest BCUT2D eigenvalue weighted by atomic mass is 10.2. The fraction of sp³-hybridized carbons (Fsp3) is 0.455. The van der Waals surface area contributed by atoms with Gasteiger partial charge in [-0.15, -0.1) is 0 Å². The lowest BCUT2D eigenvalue weighted by Crippen LogP contribution is -2.24. The molecule has 2 heterocycles. The van der Waals surface area contributed by atoms with E-state index in [1.54, 1.807) is 26.3 Å². The molecule has 0 bridgehead atoms. The highest BCUT2D eigenvalue weighted by Crippen LogP contribution is 2.13. The number of ether oxygens (including phenoxy) is 1. The zero-order valence-electron chi connectivity index (χ0n) is 10.3. The van der Waals surface area contributed by atoms with Crippen LogP contribution in [0.5, 0.6) is 0 Å². The van der Waals surface area contributed by atoms with Crippen LogP contribution >= 0.6 is 0 Å². The Balaban J connectivity index is 2.15. The van der Waals surface area contributed by atoms with Crippen LogP contribution in [0.15, 0.2) is 16.8 Å². The van der Waals surface area contributed by atoms with Gasteiger partial charge in [-0.2, -0.15) is 4.98 Å². The van der Waals surface area contributed by atoms with E-state index in [1.807, 2.05) is 0 Å². The first kappa shape index (κ1) is 12.6. The number of hydrogen-bond donors (Lipinski definition) is 1. The van der Waals surface area contributed by atoms with Crippen LogP contribution in [-0.2, 0) is 11.2 Å². The summed E-state index contributed by atoms with van der Waals surface area (Å²) < 4.78 is 10.3. The summed E-state index contributed by atoms with van der Waals surface area (Å²) in [7, 11) is 1.60. The largest absolute Gasteiger partial charge is 0.380 e. The number of aryl methyl sites for hydroxylation is 1. The molecular formula is C11H15N5O2. The Labute approximate surface area is 104 Å². The first-order chi connectivity index (χ1) is 8.72. The molecule has 0 aliphatic rings. The van der Waals surface area contributed by atoms with E-state index in [2.05, 4.69) is 20.1 Å². The molecule has 7 nitrogen and oxygen atoms in total. The molecule has 0 aliphatic carbocycles. The van der Waals surface area contributed by atoms with Crippen LogP contribution in [0.4, 0.5) is 0 Å². The predicted octanol–water partition coefficient (Wildman–Crippen LogP) is 0.351. The zero-order chi connectivity index (χ0) is 13.0. The summed E-state index contributed by atoms with van der Waals surface area (Å²) in [4.78, 5) is 12.5. The van der Waals surface area contributed by atoms with Crippen molar-refractivity contribution >= 4 is 0 Å².